The number of hydrogen-bond donors (Lipinski definition) is 12. The van der Waals surface area contributed by atoms with Crippen molar-refractivity contribution in [2.45, 2.75) is 356 Å². The SMILES string of the molecule is CCCCCCC/C=C\C/C=C\C/C=C\CCCCCCCCCCCCCCCCCCC(=O)NC(COC1OC(CO)C(OC2OC(CO)C(OC3OC(CO)C(O)C(O)C3O)C(O)C2O)C(O)C1O)C(O)/C=C/CC/C=C/CCCCCCCCCC. The van der Waals surface area contributed by atoms with Gasteiger partial charge in [-0.25, -0.2) is 0 Å². The Morgan fingerprint density at radius 3 is 1.19 bits per heavy atom. The van der Waals surface area contributed by atoms with Gasteiger partial charge < -0.3 is 89.9 Å². The first-order valence-electron chi connectivity index (χ1n) is 35.5. The Labute approximate surface area is 541 Å². The molecule has 12 N–H and O–H groups in total. The second kappa shape index (κ2) is 52.7. The fourth-order valence-electron chi connectivity index (χ4n) is 11.7. The molecular weight excluding hydrogens is 1150 g/mol. The van der Waals surface area contributed by atoms with Crippen LogP contribution in [0.1, 0.15) is 251 Å². The van der Waals surface area contributed by atoms with Crippen LogP contribution in [0.5, 0.6) is 0 Å². The van der Waals surface area contributed by atoms with E-state index < -0.39 is 124 Å². The maximum absolute atomic E-state index is 13.4. The molecule has 0 radical (unpaired) electrons. The summed E-state index contributed by atoms with van der Waals surface area (Å²) in [5.41, 5.74) is 0. The molecule has 0 aromatic heterocycles. The van der Waals surface area contributed by atoms with Crippen LogP contribution < -0.4 is 5.32 Å². The molecule has 3 fully saturated rings. The molecule has 17 unspecified atom stereocenters. The van der Waals surface area contributed by atoms with Crippen LogP contribution in [0.3, 0.4) is 0 Å². The van der Waals surface area contributed by atoms with Crippen LogP contribution in [0, 0.1) is 0 Å². The normalized spacial score (nSPS) is 28.4. The van der Waals surface area contributed by atoms with Gasteiger partial charge in [-0.3, -0.25) is 4.79 Å². The third kappa shape index (κ3) is 34.2. The number of hydrogen-bond acceptors (Lipinski definition) is 18. The van der Waals surface area contributed by atoms with Crippen molar-refractivity contribution < 1.29 is 89.4 Å². The molecule has 19 nitrogen and oxygen atoms in total. The van der Waals surface area contributed by atoms with E-state index in [4.69, 9.17) is 28.4 Å². The van der Waals surface area contributed by atoms with Gasteiger partial charge in [-0.15, -0.1) is 0 Å². The third-order valence-electron chi connectivity index (χ3n) is 17.5. The van der Waals surface area contributed by atoms with Gasteiger partial charge in [-0.1, -0.05) is 235 Å². The summed E-state index contributed by atoms with van der Waals surface area (Å²) in [5.74, 6) is -0.286. The van der Waals surface area contributed by atoms with E-state index in [2.05, 4.69) is 67.8 Å². The molecule has 3 saturated heterocycles. The zero-order chi connectivity index (χ0) is 65.4. The summed E-state index contributed by atoms with van der Waals surface area (Å²) >= 11 is 0. The Balaban J connectivity index is 1.38. The lowest BCUT2D eigenvalue weighted by Gasteiger charge is -2.48. The van der Waals surface area contributed by atoms with Gasteiger partial charge in [0.15, 0.2) is 18.9 Å². The highest BCUT2D eigenvalue weighted by Gasteiger charge is 2.53. The Morgan fingerprint density at radius 1 is 0.400 bits per heavy atom. The van der Waals surface area contributed by atoms with Gasteiger partial charge >= 0.3 is 0 Å². The van der Waals surface area contributed by atoms with Crippen LogP contribution in [-0.4, -0.2) is 193 Å². The van der Waals surface area contributed by atoms with Crippen molar-refractivity contribution in [3.63, 3.8) is 0 Å². The number of aliphatic hydroxyl groups is 11. The van der Waals surface area contributed by atoms with Crippen LogP contribution in [0.25, 0.3) is 0 Å². The number of ether oxygens (including phenoxy) is 6. The topological polar surface area (TPSA) is 307 Å². The molecule has 3 aliphatic rings. The molecule has 0 spiro atoms. The number of allylic oxidation sites excluding steroid dienone is 9. The van der Waals surface area contributed by atoms with E-state index in [0.29, 0.717) is 12.8 Å². The van der Waals surface area contributed by atoms with Gasteiger partial charge in [0, 0.05) is 6.42 Å². The van der Waals surface area contributed by atoms with Crippen molar-refractivity contribution in [1.29, 1.82) is 0 Å². The van der Waals surface area contributed by atoms with E-state index in [1.165, 1.54) is 167 Å². The van der Waals surface area contributed by atoms with Crippen LogP contribution >= 0.6 is 0 Å². The second-order valence-electron chi connectivity index (χ2n) is 25.3. The summed E-state index contributed by atoms with van der Waals surface area (Å²) in [7, 11) is 0. The molecule has 0 bridgehead atoms. The predicted octanol–water partition coefficient (Wildman–Crippen LogP) is 9.55. The summed E-state index contributed by atoms with van der Waals surface area (Å²) in [6.45, 7) is 1.69. The summed E-state index contributed by atoms with van der Waals surface area (Å²) in [6, 6.07) is -0.991. The average molecular weight is 1280 g/mol. The minimum absolute atomic E-state index is 0.234. The lowest BCUT2D eigenvalue weighted by atomic mass is 9.96. The molecule has 524 valence electrons. The lowest BCUT2D eigenvalue weighted by molar-refractivity contribution is -0.379. The first-order chi connectivity index (χ1) is 43.8. The standard InChI is InChI=1S/C71H127NO18/c1-3-5-7-9-11-13-15-17-19-20-21-22-23-24-25-26-27-28-29-30-31-32-33-34-35-37-39-41-43-45-47-49-59(77)72-54(55(76)48-46-44-42-40-38-36-18-16-14-12-10-8-6-4-2)53-85-69-65(83)62(80)67(57(51-74)87-69)90-71-66(84)63(81)68(58(52-75)88-71)89-70-64(82)61(79)60(78)56(50-73)86-70/h15,17,20-21,23-24,38,40,46,48,54-58,60-71,73-76,78-84H,3-14,16,18-19,22,25-37,39,41-45,47,49-53H2,1-2H3,(H,72,77)/b17-15-,21-20-,24-23-,40-38+,48-46+. The van der Waals surface area contributed by atoms with E-state index in [1.807, 2.05) is 6.08 Å². The first-order valence-corrected chi connectivity index (χ1v) is 35.5. The van der Waals surface area contributed by atoms with Crippen molar-refractivity contribution in [2.75, 3.05) is 26.4 Å². The molecule has 0 saturated carbocycles. The van der Waals surface area contributed by atoms with E-state index in [9.17, 15) is 61.0 Å². The molecule has 0 aromatic carbocycles. The second-order valence-corrected chi connectivity index (χ2v) is 25.3. The molecule has 0 aromatic rings. The van der Waals surface area contributed by atoms with E-state index in [1.54, 1.807) is 6.08 Å². The molecule has 90 heavy (non-hydrogen) atoms. The minimum Gasteiger partial charge on any atom is -0.394 e. The highest BCUT2D eigenvalue weighted by Crippen LogP contribution is 2.33. The summed E-state index contributed by atoms with van der Waals surface area (Å²) in [4.78, 5) is 13.4. The Bertz CT molecular complexity index is 1870. The van der Waals surface area contributed by atoms with E-state index in [0.717, 1.165) is 51.4 Å². The first kappa shape index (κ1) is 81.7. The Kier molecular flexibility index (Phi) is 47.9. The molecule has 1 amide bonds. The number of carbonyl (C=O) groups is 1. The maximum Gasteiger partial charge on any atom is 0.220 e. The van der Waals surface area contributed by atoms with E-state index >= 15 is 0 Å². The largest absolute Gasteiger partial charge is 0.394 e. The van der Waals surface area contributed by atoms with Gasteiger partial charge in [0.1, 0.15) is 73.2 Å². The molecule has 3 aliphatic heterocycles. The van der Waals surface area contributed by atoms with Crippen LogP contribution in [0.15, 0.2) is 60.8 Å². The van der Waals surface area contributed by atoms with Crippen molar-refractivity contribution in [3.8, 4) is 0 Å². The number of unbranched alkanes of at least 4 members (excludes halogenated alkanes) is 30. The number of aliphatic hydroxyl groups excluding tert-OH is 11. The van der Waals surface area contributed by atoms with Gasteiger partial charge in [0.05, 0.1) is 38.6 Å². The number of rotatable bonds is 54. The number of nitrogens with one attached hydrogen (secondary N) is 1. The number of carbonyl (C=O) groups excluding carboxylic acids is 1. The molecule has 19 heteroatoms. The summed E-state index contributed by atoms with van der Waals surface area (Å²) in [6.07, 6.45) is 37.8. The highest BCUT2D eigenvalue weighted by atomic mass is 16.8. The maximum atomic E-state index is 13.4. The fourth-order valence-corrected chi connectivity index (χ4v) is 11.7. The monoisotopic (exact) mass is 1280 g/mol. The quantitative estimate of drug-likeness (QED) is 0.0199. The molecule has 17 atom stereocenters. The van der Waals surface area contributed by atoms with Gasteiger partial charge in [0.2, 0.25) is 5.91 Å². The Morgan fingerprint density at radius 2 is 0.744 bits per heavy atom. The van der Waals surface area contributed by atoms with Crippen molar-refractivity contribution in [1.82, 2.24) is 5.32 Å². The molecular formula is C71H127NO18. The van der Waals surface area contributed by atoms with Gasteiger partial charge in [-0.05, 0) is 70.6 Å². The van der Waals surface area contributed by atoms with Crippen molar-refractivity contribution in [2.24, 2.45) is 0 Å². The van der Waals surface area contributed by atoms with Crippen LogP contribution in [0.4, 0.5) is 0 Å². The lowest BCUT2D eigenvalue weighted by Crippen LogP contribution is -2.66. The summed E-state index contributed by atoms with van der Waals surface area (Å²) in [5, 5.41) is 120. The zero-order valence-corrected chi connectivity index (χ0v) is 55.4. The average Bonchev–Trinajstić information content (AvgIpc) is 0.908. The fraction of sp³-hybridized carbons (Fsp3) is 0.845. The van der Waals surface area contributed by atoms with Gasteiger partial charge in [0.25, 0.3) is 0 Å². The van der Waals surface area contributed by atoms with Crippen molar-refractivity contribution in [3.05, 3.63) is 60.8 Å². The smallest absolute Gasteiger partial charge is 0.220 e. The Hall–Kier alpha value is -2.51. The minimum atomic E-state index is -1.98. The highest BCUT2D eigenvalue weighted by molar-refractivity contribution is 5.76. The molecule has 3 rings (SSSR count). The zero-order valence-electron chi connectivity index (χ0n) is 55.4. The van der Waals surface area contributed by atoms with Crippen molar-refractivity contribution >= 4 is 5.91 Å². The van der Waals surface area contributed by atoms with Crippen LogP contribution in [-0.2, 0) is 33.2 Å². The van der Waals surface area contributed by atoms with Gasteiger partial charge in [-0.2, -0.15) is 0 Å². The number of amides is 1. The molecule has 3 heterocycles. The predicted molar refractivity (Wildman–Crippen MR) is 351 cm³/mol. The van der Waals surface area contributed by atoms with E-state index in [-0.39, 0.29) is 18.9 Å². The molecule has 0 aliphatic carbocycles. The third-order valence-corrected chi connectivity index (χ3v) is 17.5. The van der Waals surface area contributed by atoms with Crippen LogP contribution in [0.2, 0.25) is 0 Å². The summed E-state index contributed by atoms with van der Waals surface area (Å²) < 4.78 is 34.3.